The molecular weight excluding hydrogens is 237 g/mol. The van der Waals surface area contributed by atoms with E-state index in [1.165, 1.54) is 0 Å². The monoisotopic (exact) mass is 257 g/mol. The summed E-state index contributed by atoms with van der Waals surface area (Å²) in [5.74, 6) is 0.444. The van der Waals surface area contributed by atoms with Crippen molar-refractivity contribution in [3.05, 3.63) is 0 Å². The van der Waals surface area contributed by atoms with Crippen molar-refractivity contribution in [2.45, 2.75) is 26.1 Å². The van der Waals surface area contributed by atoms with Gasteiger partial charge in [0.05, 0.1) is 24.7 Å². The Labute approximate surface area is 93.7 Å². The lowest BCUT2D eigenvalue weighted by Gasteiger charge is -2.19. The fourth-order valence-corrected chi connectivity index (χ4v) is 4.21. The Bertz CT molecular complexity index is 239. The van der Waals surface area contributed by atoms with E-state index in [4.69, 9.17) is 14.8 Å². The molecule has 15 heavy (non-hydrogen) atoms. The fraction of sp³-hybridized carbons (Fsp3) is 1.00. The number of hydrogen-bond acceptors (Lipinski definition) is 5. The van der Waals surface area contributed by atoms with Crippen molar-refractivity contribution in [1.82, 2.24) is 0 Å². The molecule has 0 bridgehead atoms. The Kier molecular flexibility index (Phi) is 7.65. The molecule has 0 aromatic rings. The zero-order chi connectivity index (χ0) is 11.9. The SMILES string of the molecule is CCOP(=O)(CC(N)S(=O)CC)OCC. The van der Waals surface area contributed by atoms with Gasteiger partial charge in [-0.15, -0.1) is 0 Å². The first-order valence-electron chi connectivity index (χ1n) is 5.00. The van der Waals surface area contributed by atoms with Gasteiger partial charge in [-0.1, -0.05) is 6.92 Å². The Morgan fingerprint density at radius 3 is 2.07 bits per heavy atom. The molecule has 0 spiro atoms. The minimum absolute atomic E-state index is 0.00906. The molecule has 0 aromatic heterocycles. The highest BCUT2D eigenvalue weighted by molar-refractivity contribution is 7.86. The van der Waals surface area contributed by atoms with Crippen molar-refractivity contribution >= 4 is 18.4 Å². The molecule has 2 atom stereocenters. The van der Waals surface area contributed by atoms with Crippen molar-refractivity contribution in [1.29, 1.82) is 0 Å². The molecule has 0 aromatic carbocycles. The van der Waals surface area contributed by atoms with Gasteiger partial charge >= 0.3 is 7.60 Å². The lowest BCUT2D eigenvalue weighted by Crippen LogP contribution is -2.31. The zero-order valence-corrected chi connectivity index (χ0v) is 11.2. The molecule has 92 valence electrons. The van der Waals surface area contributed by atoms with Gasteiger partial charge in [-0.3, -0.25) is 8.77 Å². The molecule has 0 fully saturated rings. The van der Waals surface area contributed by atoms with E-state index in [-0.39, 0.29) is 6.16 Å². The van der Waals surface area contributed by atoms with Crippen LogP contribution in [0.15, 0.2) is 0 Å². The Morgan fingerprint density at radius 2 is 1.73 bits per heavy atom. The summed E-state index contributed by atoms with van der Waals surface area (Å²) >= 11 is 0. The summed E-state index contributed by atoms with van der Waals surface area (Å²) in [7, 11) is -4.34. The van der Waals surface area contributed by atoms with E-state index >= 15 is 0 Å². The van der Waals surface area contributed by atoms with Crippen LogP contribution in [0, 0.1) is 0 Å². The molecule has 0 aliphatic rings. The minimum Gasteiger partial charge on any atom is -0.317 e. The van der Waals surface area contributed by atoms with E-state index in [2.05, 4.69) is 0 Å². The van der Waals surface area contributed by atoms with Crippen LogP contribution in [0.3, 0.4) is 0 Å². The van der Waals surface area contributed by atoms with Gasteiger partial charge in [0, 0.05) is 16.6 Å². The van der Waals surface area contributed by atoms with Crippen molar-refractivity contribution in [2.24, 2.45) is 5.73 Å². The van der Waals surface area contributed by atoms with Crippen LogP contribution in [0.5, 0.6) is 0 Å². The number of nitrogens with two attached hydrogens (primary N) is 1. The number of hydrogen-bond donors (Lipinski definition) is 1. The largest absolute Gasteiger partial charge is 0.333 e. The van der Waals surface area contributed by atoms with Crippen LogP contribution < -0.4 is 5.73 Å². The van der Waals surface area contributed by atoms with E-state index in [1.807, 2.05) is 0 Å². The third-order valence-electron chi connectivity index (χ3n) is 1.68. The van der Waals surface area contributed by atoms with Gasteiger partial charge < -0.3 is 14.8 Å². The quantitative estimate of drug-likeness (QED) is 0.663. The summed E-state index contributed by atoms with van der Waals surface area (Å²) in [6.45, 7) is 5.82. The van der Waals surface area contributed by atoms with Crippen LogP contribution >= 0.6 is 7.60 Å². The second kappa shape index (κ2) is 7.52. The third kappa shape index (κ3) is 5.78. The molecule has 0 saturated heterocycles. The molecule has 0 heterocycles. The fourth-order valence-electron chi connectivity index (χ4n) is 1.05. The Hall–Kier alpha value is 0.260. The van der Waals surface area contributed by atoms with Gasteiger partial charge in [-0.25, -0.2) is 0 Å². The van der Waals surface area contributed by atoms with Crippen molar-refractivity contribution in [3.63, 3.8) is 0 Å². The molecule has 2 N–H and O–H groups in total. The highest BCUT2D eigenvalue weighted by atomic mass is 32.2. The lowest BCUT2D eigenvalue weighted by molar-refractivity contribution is 0.220. The lowest BCUT2D eigenvalue weighted by atomic mass is 10.8. The smallest absolute Gasteiger partial charge is 0.317 e. The predicted octanol–water partition coefficient (Wildman–Crippen LogP) is 1.31. The second-order valence-electron chi connectivity index (χ2n) is 2.84. The van der Waals surface area contributed by atoms with Crippen LogP contribution in [0.2, 0.25) is 0 Å². The molecule has 0 aliphatic carbocycles. The number of rotatable bonds is 8. The van der Waals surface area contributed by atoms with Gasteiger partial charge in [0.1, 0.15) is 0 Å². The summed E-state index contributed by atoms with van der Waals surface area (Å²) in [4.78, 5) is 0. The van der Waals surface area contributed by atoms with Crippen LogP contribution in [0.4, 0.5) is 0 Å². The van der Waals surface area contributed by atoms with E-state index in [0.717, 1.165) is 0 Å². The molecule has 0 aliphatic heterocycles. The Morgan fingerprint density at radius 1 is 1.27 bits per heavy atom. The van der Waals surface area contributed by atoms with Crippen molar-refractivity contribution in [2.75, 3.05) is 25.1 Å². The highest BCUT2D eigenvalue weighted by Gasteiger charge is 2.28. The van der Waals surface area contributed by atoms with Gasteiger partial charge in [-0.05, 0) is 13.8 Å². The molecular formula is C8H20NO4PS. The maximum absolute atomic E-state index is 12.0. The van der Waals surface area contributed by atoms with E-state index < -0.39 is 23.8 Å². The van der Waals surface area contributed by atoms with Crippen LogP contribution in [0.25, 0.3) is 0 Å². The molecule has 7 heteroatoms. The van der Waals surface area contributed by atoms with E-state index in [9.17, 15) is 8.77 Å². The van der Waals surface area contributed by atoms with Crippen LogP contribution in [-0.2, 0) is 24.4 Å². The van der Waals surface area contributed by atoms with Gasteiger partial charge in [0.15, 0.2) is 0 Å². The van der Waals surface area contributed by atoms with Gasteiger partial charge in [-0.2, -0.15) is 0 Å². The molecule has 0 amide bonds. The topological polar surface area (TPSA) is 78.6 Å². The molecule has 2 unspecified atom stereocenters. The van der Waals surface area contributed by atoms with Gasteiger partial charge in [0.25, 0.3) is 0 Å². The van der Waals surface area contributed by atoms with E-state index in [1.54, 1.807) is 20.8 Å². The Balaban J connectivity index is 4.40. The minimum atomic E-state index is -3.16. The predicted molar refractivity (Wildman–Crippen MR) is 62.4 cm³/mol. The van der Waals surface area contributed by atoms with E-state index in [0.29, 0.717) is 19.0 Å². The normalized spacial score (nSPS) is 16.3. The first kappa shape index (κ1) is 15.3. The van der Waals surface area contributed by atoms with Crippen molar-refractivity contribution in [3.8, 4) is 0 Å². The first-order chi connectivity index (χ1) is 6.99. The summed E-state index contributed by atoms with van der Waals surface area (Å²) in [6.07, 6.45) is 0.00906. The average molecular weight is 257 g/mol. The average Bonchev–Trinajstić information content (AvgIpc) is 2.16. The van der Waals surface area contributed by atoms with Gasteiger partial charge in [0.2, 0.25) is 0 Å². The van der Waals surface area contributed by atoms with Crippen LogP contribution in [-0.4, -0.2) is 34.7 Å². The summed E-state index contributed by atoms with van der Waals surface area (Å²) in [5, 5.41) is -0.654. The maximum atomic E-state index is 12.0. The maximum Gasteiger partial charge on any atom is 0.333 e. The molecule has 5 nitrogen and oxygen atoms in total. The highest BCUT2D eigenvalue weighted by Crippen LogP contribution is 2.48. The third-order valence-corrected chi connectivity index (χ3v) is 5.48. The first-order valence-corrected chi connectivity index (χ1v) is 8.11. The zero-order valence-electron chi connectivity index (χ0n) is 9.47. The summed E-state index contributed by atoms with van der Waals surface area (Å²) < 4.78 is 33.4. The summed E-state index contributed by atoms with van der Waals surface area (Å²) in [6, 6.07) is 0. The van der Waals surface area contributed by atoms with Crippen molar-refractivity contribution < 1.29 is 17.8 Å². The standard InChI is InChI=1S/C8H20NO4PS/c1-4-12-14(10,13-5-2)7-8(9)15(11)6-3/h8H,4-7,9H2,1-3H3. The van der Waals surface area contributed by atoms with Crippen LogP contribution in [0.1, 0.15) is 20.8 Å². The molecule has 0 radical (unpaired) electrons. The second-order valence-corrected chi connectivity index (χ2v) is 6.88. The summed E-state index contributed by atoms with van der Waals surface area (Å²) in [5.41, 5.74) is 5.64. The molecule has 0 rings (SSSR count). The molecule has 0 saturated carbocycles.